The van der Waals surface area contributed by atoms with Gasteiger partial charge in [-0.1, -0.05) is 55.9 Å². The van der Waals surface area contributed by atoms with E-state index in [4.69, 9.17) is 14.5 Å². The van der Waals surface area contributed by atoms with Crippen LogP contribution >= 0.6 is 11.8 Å². The summed E-state index contributed by atoms with van der Waals surface area (Å²) in [4.78, 5) is 31.2. The molecular formula is C27H27N3O4S. The molecule has 1 heterocycles. The van der Waals surface area contributed by atoms with Crippen LogP contribution in [0.5, 0.6) is 11.5 Å². The third-order valence-corrected chi connectivity index (χ3v) is 6.45. The summed E-state index contributed by atoms with van der Waals surface area (Å²) in [6, 6.07) is 20.2. The number of aromatic nitrogens is 2. The molecule has 3 aromatic carbocycles. The van der Waals surface area contributed by atoms with Gasteiger partial charge in [-0.2, -0.15) is 0 Å². The Kier molecular flexibility index (Phi) is 7.41. The van der Waals surface area contributed by atoms with Crippen LogP contribution in [0, 0.1) is 0 Å². The molecule has 1 N–H and O–H groups in total. The smallest absolute Gasteiger partial charge is 0.266 e. The van der Waals surface area contributed by atoms with Crippen molar-refractivity contribution < 1.29 is 14.3 Å². The molecule has 0 saturated heterocycles. The first-order valence-corrected chi connectivity index (χ1v) is 12.2. The Bertz CT molecular complexity index is 1410. The fourth-order valence-electron chi connectivity index (χ4n) is 3.81. The summed E-state index contributed by atoms with van der Waals surface area (Å²) in [5.74, 6) is 1.17. The molecule has 0 unspecified atom stereocenters. The van der Waals surface area contributed by atoms with Gasteiger partial charge in [0.25, 0.3) is 5.56 Å². The molecule has 180 valence electrons. The zero-order valence-corrected chi connectivity index (χ0v) is 20.9. The van der Waals surface area contributed by atoms with Crippen molar-refractivity contribution in [3.8, 4) is 17.2 Å². The third kappa shape index (κ3) is 5.33. The number of methoxy groups -OCH3 is 2. The van der Waals surface area contributed by atoms with E-state index in [1.165, 1.54) is 11.8 Å². The lowest BCUT2D eigenvalue weighted by Crippen LogP contribution is -2.24. The number of hydrogen-bond donors (Lipinski definition) is 1. The molecule has 0 spiro atoms. The standard InChI is InChI=1S/C27H27N3O4S/c1-17(2)21-9-6-8-12-24(21)30-26(32)22-10-5-7-11-23(22)29-27(30)35-16-25(31)28-18-13-19(33-3)15-20(14-18)34-4/h5-15,17H,16H2,1-4H3,(H,28,31). The Hall–Kier alpha value is -3.78. The number of thioether (sulfide) groups is 1. The molecule has 0 atom stereocenters. The first kappa shape index (κ1) is 24.3. The van der Waals surface area contributed by atoms with Crippen molar-refractivity contribution in [1.82, 2.24) is 9.55 Å². The summed E-state index contributed by atoms with van der Waals surface area (Å²) >= 11 is 1.22. The molecule has 1 amide bonds. The van der Waals surface area contributed by atoms with Crippen LogP contribution in [-0.2, 0) is 4.79 Å². The van der Waals surface area contributed by atoms with Crippen molar-refractivity contribution in [1.29, 1.82) is 0 Å². The summed E-state index contributed by atoms with van der Waals surface area (Å²) in [6.07, 6.45) is 0. The van der Waals surface area contributed by atoms with E-state index in [1.54, 1.807) is 43.1 Å². The van der Waals surface area contributed by atoms with Crippen LogP contribution in [0.3, 0.4) is 0 Å². The number of carbonyl (C=O) groups excluding carboxylic acids is 1. The number of carbonyl (C=O) groups is 1. The minimum absolute atomic E-state index is 0.0636. The molecule has 4 rings (SSSR count). The highest BCUT2D eigenvalue weighted by molar-refractivity contribution is 7.99. The maximum atomic E-state index is 13.6. The Balaban J connectivity index is 1.69. The lowest BCUT2D eigenvalue weighted by molar-refractivity contribution is -0.113. The predicted octanol–water partition coefficient (Wildman–Crippen LogP) is 5.26. The van der Waals surface area contributed by atoms with Gasteiger partial charge in [0.05, 0.1) is 36.6 Å². The summed E-state index contributed by atoms with van der Waals surface area (Å²) in [5.41, 5.74) is 2.79. The van der Waals surface area contributed by atoms with E-state index < -0.39 is 0 Å². The quantitative estimate of drug-likeness (QED) is 0.269. The molecule has 0 saturated carbocycles. The van der Waals surface area contributed by atoms with Gasteiger partial charge in [0.15, 0.2) is 5.16 Å². The molecule has 8 heteroatoms. The van der Waals surface area contributed by atoms with E-state index in [9.17, 15) is 9.59 Å². The minimum Gasteiger partial charge on any atom is -0.497 e. The largest absolute Gasteiger partial charge is 0.497 e. The first-order valence-electron chi connectivity index (χ1n) is 11.2. The third-order valence-electron chi connectivity index (χ3n) is 5.51. The number of nitrogens with one attached hydrogen (secondary N) is 1. The van der Waals surface area contributed by atoms with Gasteiger partial charge in [-0.15, -0.1) is 0 Å². The molecule has 0 radical (unpaired) electrons. The number of amides is 1. The molecule has 0 aliphatic rings. The number of fused-ring (bicyclic) bond motifs is 1. The zero-order valence-electron chi connectivity index (χ0n) is 20.1. The van der Waals surface area contributed by atoms with E-state index in [2.05, 4.69) is 19.2 Å². The van der Waals surface area contributed by atoms with Gasteiger partial charge >= 0.3 is 0 Å². The second kappa shape index (κ2) is 10.7. The van der Waals surface area contributed by atoms with Gasteiger partial charge in [0, 0.05) is 23.9 Å². The predicted molar refractivity (Wildman–Crippen MR) is 140 cm³/mol. The molecule has 0 fully saturated rings. The molecule has 4 aromatic rings. The van der Waals surface area contributed by atoms with Crippen molar-refractivity contribution in [2.75, 3.05) is 25.3 Å². The summed E-state index contributed by atoms with van der Waals surface area (Å²) in [6.45, 7) is 4.17. The Morgan fingerprint density at radius 1 is 1.00 bits per heavy atom. The minimum atomic E-state index is -0.239. The van der Waals surface area contributed by atoms with Crippen molar-refractivity contribution in [2.24, 2.45) is 0 Å². The number of hydrogen-bond acceptors (Lipinski definition) is 6. The summed E-state index contributed by atoms with van der Waals surface area (Å²) in [7, 11) is 3.10. The SMILES string of the molecule is COc1cc(NC(=O)CSc2nc3ccccc3c(=O)n2-c2ccccc2C(C)C)cc(OC)c1. The molecule has 0 aliphatic carbocycles. The Morgan fingerprint density at radius 3 is 2.34 bits per heavy atom. The van der Waals surface area contributed by atoms with E-state index >= 15 is 0 Å². The highest BCUT2D eigenvalue weighted by Gasteiger charge is 2.18. The number of anilines is 1. The highest BCUT2D eigenvalue weighted by atomic mass is 32.2. The van der Waals surface area contributed by atoms with Gasteiger partial charge < -0.3 is 14.8 Å². The maximum Gasteiger partial charge on any atom is 0.266 e. The molecule has 35 heavy (non-hydrogen) atoms. The number of para-hydroxylation sites is 2. The normalized spacial score (nSPS) is 11.0. The van der Waals surface area contributed by atoms with Crippen molar-refractivity contribution in [3.63, 3.8) is 0 Å². The fraction of sp³-hybridized carbons (Fsp3) is 0.222. The first-order chi connectivity index (χ1) is 16.9. The second-order valence-electron chi connectivity index (χ2n) is 8.20. The number of ether oxygens (including phenoxy) is 2. The van der Waals surface area contributed by atoms with E-state index in [-0.39, 0.29) is 23.1 Å². The van der Waals surface area contributed by atoms with Crippen molar-refractivity contribution in [3.05, 3.63) is 82.6 Å². The van der Waals surface area contributed by atoms with Crippen LogP contribution in [-0.4, -0.2) is 35.4 Å². The van der Waals surface area contributed by atoms with E-state index in [0.29, 0.717) is 33.2 Å². The highest BCUT2D eigenvalue weighted by Crippen LogP contribution is 2.28. The van der Waals surface area contributed by atoms with Gasteiger partial charge in [0.1, 0.15) is 11.5 Å². The zero-order chi connectivity index (χ0) is 24.9. The molecule has 0 aliphatic heterocycles. The van der Waals surface area contributed by atoms with Gasteiger partial charge in [-0.05, 0) is 29.7 Å². The van der Waals surface area contributed by atoms with Gasteiger partial charge in [-0.3, -0.25) is 14.2 Å². The number of nitrogens with zero attached hydrogens (tertiary/aromatic N) is 2. The molecule has 7 nitrogen and oxygen atoms in total. The average Bonchev–Trinajstić information content (AvgIpc) is 2.87. The van der Waals surface area contributed by atoms with E-state index in [1.807, 2.05) is 42.5 Å². The molecule has 0 bridgehead atoms. The Morgan fingerprint density at radius 2 is 1.66 bits per heavy atom. The molecule has 1 aromatic heterocycles. The van der Waals surface area contributed by atoms with Gasteiger partial charge in [-0.25, -0.2) is 4.98 Å². The lowest BCUT2D eigenvalue weighted by atomic mass is 10.0. The summed E-state index contributed by atoms with van der Waals surface area (Å²) < 4.78 is 12.2. The van der Waals surface area contributed by atoms with E-state index in [0.717, 1.165) is 11.3 Å². The van der Waals surface area contributed by atoms with Crippen LogP contribution in [0.15, 0.2) is 76.7 Å². The molecular weight excluding hydrogens is 462 g/mol. The van der Waals surface area contributed by atoms with Gasteiger partial charge in [0.2, 0.25) is 5.91 Å². The summed E-state index contributed by atoms with van der Waals surface area (Å²) in [5, 5.41) is 3.86. The van der Waals surface area contributed by atoms with Crippen LogP contribution in [0.2, 0.25) is 0 Å². The van der Waals surface area contributed by atoms with Crippen LogP contribution in [0.25, 0.3) is 16.6 Å². The number of rotatable bonds is 8. The number of benzene rings is 3. The monoisotopic (exact) mass is 489 g/mol. The topological polar surface area (TPSA) is 82.5 Å². The Labute approximate surface area is 208 Å². The van der Waals surface area contributed by atoms with Crippen molar-refractivity contribution >= 4 is 34.3 Å². The fourth-order valence-corrected chi connectivity index (χ4v) is 4.61. The van der Waals surface area contributed by atoms with Crippen molar-refractivity contribution in [2.45, 2.75) is 24.9 Å². The van der Waals surface area contributed by atoms with Crippen LogP contribution in [0.4, 0.5) is 5.69 Å². The van der Waals surface area contributed by atoms with Crippen LogP contribution < -0.4 is 20.3 Å². The lowest BCUT2D eigenvalue weighted by Gasteiger charge is -2.18. The maximum absolute atomic E-state index is 13.6. The second-order valence-corrected chi connectivity index (χ2v) is 9.15. The average molecular weight is 490 g/mol. The van der Waals surface area contributed by atoms with Crippen LogP contribution in [0.1, 0.15) is 25.3 Å².